The van der Waals surface area contributed by atoms with E-state index in [1.165, 1.54) is 5.56 Å². The molecule has 1 aliphatic heterocycles. The molecule has 112 valence electrons. The van der Waals surface area contributed by atoms with Crippen LogP contribution in [0.15, 0.2) is 30.6 Å². The van der Waals surface area contributed by atoms with Crippen molar-refractivity contribution in [1.82, 2.24) is 20.1 Å². The summed E-state index contributed by atoms with van der Waals surface area (Å²) in [5.74, 6) is 2.14. The van der Waals surface area contributed by atoms with E-state index in [9.17, 15) is 0 Å². The number of hydrogen-bond donors (Lipinski definition) is 1. The molecule has 2 heterocycles. The summed E-state index contributed by atoms with van der Waals surface area (Å²) in [5.41, 5.74) is 1.26. The Morgan fingerprint density at radius 3 is 3.24 bits per heavy atom. The fraction of sp³-hybridized carbons (Fsp3) is 0.467. The molecule has 1 N–H and O–H groups in total. The quantitative estimate of drug-likeness (QED) is 0.776. The summed E-state index contributed by atoms with van der Waals surface area (Å²) < 4.78 is 12.6. The number of benzene rings is 1. The zero-order valence-electron chi connectivity index (χ0n) is 12.2. The van der Waals surface area contributed by atoms with Gasteiger partial charge >= 0.3 is 0 Å². The molecule has 0 saturated carbocycles. The Hall–Kier alpha value is -1.92. The lowest BCUT2D eigenvalue weighted by atomic mass is 10.0. The van der Waals surface area contributed by atoms with Crippen molar-refractivity contribution in [1.29, 1.82) is 0 Å². The summed E-state index contributed by atoms with van der Waals surface area (Å²) in [4.78, 5) is 4.32. The molecule has 0 amide bonds. The molecular weight excluding hydrogens is 268 g/mol. The highest BCUT2D eigenvalue weighted by molar-refractivity contribution is 5.39. The second-order valence-corrected chi connectivity index (χ2v) is 5.10. The number of methoxy groups -OCH3 is 1. The number of nitrogens with one attached hydrogen (secondary N) is 1. The first-order valence-electron chi connectivity index (χ1n) is 7.16. The van der Waals surface area contributed by atoms with Crippen molar-refractivity contribution in [2.75, 3.05) is 26.9 Å². The molecule has 1 atom stereocenters. The van der Waals surface area contributed by atoms with Crippen LogP contribution in [-0.2, 0) is 17.8 Å². The minimum Gasteiger partial charge on any atom is -0.493 e. The molecule has 6 nitrogen and oxygen atoms in total. The Balaban J connectivity index is 1.56. The van der Waals surface area contributed by atoms with Crippen LogP contribution in [0.25, 0.3) is 0 Å². The van der Waals surface area contributed by atoms with E-state index in [0.29, 0.717) is 25.7 Å². The van der Waals surface area contributed by atoms with Gasteiger partial charge in [-0.1, -0.05) is 18.2 Å². The number of fused-ring (bicyclic) bond motifs is 1. The lowest BCUT2D eigenvalue weighted by molar-refractivity contribution is 0.199. The van der Waals surface area contributed by atoms with Gasteiger partial charge in [0.25, 0.3) is 0 Å². The lowest BCUT2D eigenvalue weighted by Gasteiger charge is -2.08. The maximum Gasteiger partial charge on any atom is 0.164 e. The van der Waals surface area contributed by atoms with E-state index in [1.54, 1.807) is 13.4 Å². The van der Waals surface area contributed by atoms with Crippen molar-refractivity contribution in [3.8, 4) is 5.75 Å². The van der Waals surface area contributed by atoms with E-state index in [-0.39, 0.29) is 0 Å². The number of para-hydroxylation sites is 1. The number of ether oxygens (including phenoxy) is 2. The van der Waals surface area contributed by atoms with Gasteiger partial charge in [-0.3, -0.25) is 4.68 Å². The zero-order chi connectivity index (χ0) is 14.5. The molecule has 0 bridgehead atoms. The molecule has 0 radical (unpaired) electrons. The highest BCUT2D eigenvalue weighted by Gasteiger charge is 2.24. The van der Waals surface area contributed by atoms with Gasteiger partial charge in [0.05, 0.1) is 26.3 Å². The van der Waals surface area contributed by atoms with E-state index in [1.807, 2.05) is 22.9 Å². The number of aromatic nitrogens is 3. The van der Waals surface area contributed by atoms with Gasteiger partial charge in [-0.15, -0.1) is 0 Å². The van der Waals surface area contributed by atoms with Crippen molar-refractivity contribution >= 4 is 0 Å². The topological polar surface area (TPSA) is 61.2 Å². The minimum absolute atomic E-state index is 0.345. The molecule has 0 aliphatic carbocycles. The third-order valence-corrected chi connectivity index (χ3v) is 3.56. The van der Waals surface area contributed by atoms with E-state index in [2.05, 4.69) is 21.5 Å². The highest BCUT2D eigenvalue weighted by atomic mass is 16.5. The Bertz CT molecular complexity index is 585. The van der Waals surface area contributed by atoms with Gasteiger partial charge in [0.1, 0.15) is 12.1 Å². The molecule has 6 heteroatoms. The van der Waals surface area contributed by atoms with E-state index < -0.39 is 0 Å². The largest absolute Gasteiger partial charge is 0.493 e. The maximum absolute atomic E-state index is 5.69. The van der Waals surface area contributed by atoms with Gasteiger partial charge in [-0.25, -0.2) is 4.98 Å². The summed E-state index contributed by atoms with van der Waals surface area (Å²) in [7, 11) is 1.69. The second-order valence-electron chi connectivity index (χ2n) is 5.10. The second kappa shape index (κ2) is 6.69. The number of nitrogens with zero attached hydrogens (tertiary/aromatic N) is 3. The van der Waals surface area contributed by atoms with Crippen LogP contribution in [0.1, 0.15) is 17.3 Å². The van der Waals surface area contributed by atoms with Gasteiger partial charge in [0, 0.05) is 25.1 Å². The summed E-state index contributed by atoms with van der Waals surface area (Å²) in [6, 6.07) is 8.19. The SMILES string of the molecule is COCCNCc1ncn(CC2COc3ccccc32)n1. The highest BCUT2D eigenvalue weighted by Crippen LogP contribution is 2.34. The third kappa shape index (κ3) is 3.40. The minimum atomic E-state index is 0.345. The molecule has 0 spiro atoms. The zero-order valence-corrected chi connectivity index (χ0v) is 12.2. The van der Waals surface area contributed by atoms with Crippen LogP contribution in [0.5, 0.6) is 5.75 Å². The average molecular weight is 288 g/mol. The van der Waals surface area contributed by atoms with Crippen molar-refractivity contribution in [2.24, 2.45) is 0 Å². The predicted molar refractivity (Wildman–Crippen MR) is 78.3 cm³/mol. The third-order valence-electron chi connectivity index (χ3n) is 3.56. The summed E-state index contributed by atoms with van der Waals surface area (Å²) in [6.45, 7) is 3.66. The lowest BCUT2D eigenvalue weighted by Crippen LogP contribution is -2.19. The van der Waals surface area contributed by atoms with Crippen LogP contribution in [0.4, 0.5) is 0 Å². The Labute approximate surface area is 124 Å². The van der Waals surface area contributed by atoms with Gasteiger partial charge in [-0.05, 0) is 6.07 Å². The number of hydrogen-bond acceptors (Lipinski definition) is 5. The van der Waals surface area contributed by atoms with Crippen LogP contribution < -0.4 is 10.1 Å². The molecule has 0 fully saturated rings. The van der Waals surface area contributed by atoms with Crippen LogP contribution >= 0.6 is 0 Å². The van der Waals surface area contributed by atoms with Crippen LogP contribution in [0.3, 0.4) is 0 Å². The first-order chi connectivity index (χ1) is 10.4. The average Bonchev–Trinajstić information content (AvgIpc) is 3.12. The summed E-state index contributed by atoms with van der Waals surface area (Å²) >= 11 is 0. The standard InChI is InChI=1S/C15H20N4O2/c1-20-7-6-16-8-15-17-11-19(18-15)9-12-10-21-14-5-3-2-4-13(12)14/h2-5,11-12,16H,6-10H2,1H3. The van der Waals surface area contributed by atoms with Crippen molar-refractivity contribution < 1.29 is 9.47 Å². The molecule has 3 rings (SSSR count). The Morgan fingerprint density at radius 1 is 1.43 bits per heavy atom. The van der Waals surface area contributed by atoms with Crippen LogP contribution in [0, 0.1) is 0 Å². The molecule has 0 saturated heterocycles. The van der Waals surface area contributed by atoms with Gasteiger partial charge in [0.15, 0.2) is 5.82 Å². The maximum atomic E-state index is 5.69. The van der Waals surface area contributed by atoms with Gasteiger partial charge < -0.3 is 14.8 Å². The van der Waals surface area contributed by atoms with E-state index in [4.69, 9.17) is 9.47 Å². The van der Waals surface area contributed by atoms with E-state index in [0.717, 1.165) is 24.7 Å². The molecule has 1 aromatic heterocycles. The summed E-state index contributed by atoms with van der Waals surface area (Å²) in [5, 5.41) is 7.73. The smallest absolute Gasteiger partial charge is 0.164 e. The molecule has 1 aromatic carbocycles. The predicted octanol–water partition coefficient (Wildman–Crippen LogP) is 1.19. The van der Waals surface area contributed by atoms with Gasteiger partial charge in [-0.2, -0.15) is 5.10 Å². The fourth-order valence-electron chi connectivity index (χ4n) is 2.48. The van der Waals surface area contributed by atoms with Crippen molar-refractivity contribution in [2.45, 2.75) is 19.0 Å². The number of rotatable bonds is 7. The first kappa shape index (κ1) is 14.0. The normalized spacial score (nSPS) is 16.7. The van der Waals surface area contributed by atoms with Crippen molar-refractivity contribution in [3.05, 3.63) is 42.0 Å². The molecule has 2 aromatic rings. The Kier molecular flexibility index (Phi) is 4.47. The first-order valence-corrected chi connectivity index (χ1v) is 7.16. The molecular formula is C15H20N4O2. The monoisotopic (exact) mass is 288 g/mol. The van der Waals surface area contributed by atoms with E-state index >= 15 is 0 Å². The summed E-state index contributed by atoms with van der Waals surface area (Å²) in [6.07, 6.45) is 1.79. The fourth-order valence-corrected chi connectivity index (χ4v) is 2.48. The van der Waals surface area contributed by atoms with Crippen molar-refractivity contribution in [3.63, 3.8) is 0 Å². The Morgan fingerprint density at radius 2 is 2.33 bits per heavy atom. The molecule has 21 heavy (non-hydrogen) atoms. The molecule has 1 unspecified atom stereocenters. The van der Waals surface area contributed by atoms with Gasteiger partial charge in [0.2, 0.25) is 0 Å². The molecule has 1 aliphatic rings. The van der Waals surface area contributed by atoms with Crippen LogP contribution in [-0.4, -0.2) is 41.6 Å². The van der Waals surface area contributed by atoms with Crippen LogP contribution in [0.2, 0.25) is 0 Å².